The van der Waals surface area contributed by atoms with Crippen molar-refractivity contribution in [2.75, 3.05) is 0 Å². The van der Waals surface area contributed by atoms with Gasteiger partial charge in [0, 0.05) is 0 Å². The van der Waals surface area contributed by atoms with E-state index < -0.39 is 0 Å². The zero-order valence-electron chi connectivity index (χ0n) is 19.9. The number of unbranched alkanes of at least 4 members (excludes halogenated alkanes) is 4. The third-order valence-electron chi connectivity index (χ3n) is 4.86. The zero-order valence-corrected chi connectivity index (χ0v) is 19.9. The number of benzene rings is 1. The van der Waals surface area contributed by atoms with Gasteiger partial charge in [0.2, 0.25) is 0 Å². The Labute approximate surface area is 185 Å². The molecule has 0 aromatic heterocycles. The van der Waals surface area contributed by atoms with Crippen molar-refractivity contribution in [2.45, 2.75) is 119 Å². The highest BCUT2D eigenvalue weighted by Gasteiger charge is 2.13. The van der Waals surface area contributed by atoms with Gasteiger partial charge in [-0.1, -0.05) is 135 Å². The molecule has 1 aromatic rings. The predicted octanol–water partition coefficient (Wildman–Crippen LogP) is 10.6. The van der Waals surface area contributed by atoms with Crippen LogP contribution in [0.15, 0.2) is 55.1 Å². The van der Waals surface area contributed by atoms with Crippen LogP contribution in [0, 0.1) is 5.92 Å². The van der Waals surface area contributed by atoms with E-state index in [1.54, 1.807) is 6.08 Å². The van der Waals surface area contributed by atoms with Crippen molar-refractivity contribution in [2.24, 2.45) is 5.92 Å². The Balaban J connectivity index is -0.000000441. The lowest BCUT2D eigenvalue weighted by atomic mass is 9.98. The molecular weight excluding hydrogens is 348 g/mol. The van der Waals surface area contributed by atoms with E-state index in [9.17, 15) is 0 Å². The second-order valence-electron chi connectivity index (χ2n) is 7.35. The van der Waals surface area contributed by atoms with Gasteiger partial charge in [-0.3, -0.25) is 0 Å². The van der Waals surface area contributed by atoms with Crippen LogP contribution in [0.5, 0.6) is 0 Å². The van der Waals surface area contributed by atoms with E-state index in [1.807, 2.05) is 20.8 Å². The van der Waals surface area contributed by atoms with E-state index in [1.165, 1.54) is 82.6 Å². The van der Waals surface area contributed by atoms with Gasteiger partial charge in [0.25, 0.3) is 0 Å². The fourth-order valence-electron chi connectivity index (χ4n) is 3.37. The van der Waals surface area contributed by atoms with Gasteiger partial charge in [-0.2, -0.15) is 0 Å². The van der Waals surface area contributed by atoms with Crippen LogP contribution in [0.3, 0.4) is 0 Å². The molecule has 0 amide bonds. The van der Waals surface area contributed by atoms with Gasteiger partial charge in [-0.15, -0.1) is 6.58 Å². The minimum atomic E-state index is 0. The average Bonchev–Trinajstić information content (AvgIpc) is 3.25. The minimum Gasteiger partial charge on any atom is -0.103 e. The van der Waals surface area contributed by atoms with Gasteiger partial charge in [0.05, 0.1) is 0 Å². The molecule has 0 aliphatic heterocycles. The Bertz CT molecular complexity index is 409. The molecule has 0 bridgehead atoms. The van der Waals surface area contributed by atoms with Crippen LogP contribution in [0.2, 0.25) is 0 Å². The third kappa shape index (κ3) is 24.7. The van der Waals surface area contributed by atoms with Crippen LogP contribution < -0.4 is 0 Å². The number of hydrogen-bond acceptors (Lipinski definition) is 0. The molecule has 1 aliphatic carbocycles. The summed E-state index contributed by atoms with van der Waals surface area (Å²) >= 11 is 0. The van der Waals surface area contributed by atoms with Crippen molar-refractivity contribution in [1.82, 2.24) is 0 Å². The maximum Gasteiger partial charge on any atom is -0.0279 e. The molecule has 1 aliphatic rings. The molecule has 0 unspecified atom stereocenters. The van der Waals surface area contributed by atoms with E-state index in [0.29, 0.717) is 0 Å². The number of allylic oxidation sites excluding steroid dienone is 3. The Morgan fingerprint density at radius 3 is 2.03 bits per heavy atom. The molecule has 0 spiro atoms. The molecule has 2 rings (SSSR count). The number of rotatable bonds is 9. The lowest BCUT2D eigenvalue weighted by Gasteiger charge is -2.07. The van der Waals surface area contributed by atoms with Crippen molar-refractivity contribution in [3.63, 3.8) is 0 Å². The lowest BCUT2D eigenvalue weighted by molar-refractivity contribution is 0.468. The summed E-state index contributed by atoms with van der Waals surface area (Å²) in [6.45, 7) is 13.5. The molecule has 1 fully saturated rings. The first-order chi connectivity index (χ1) is 13.8. The largest absolute Gasteiger partial charge is 0.103 e. The van der Waals surface area contributed by atoms with E-state index >= 15 is 0 Å². The maximum absolute atomic E-state index is 3.36. The fourth-order valence-corrected chi connectivity index (χ4v) is 3.37. The van der Waals surface area contributed by atoms with Crippen molar-refractivity contribution < 1.29 is 0 Å². The van der Waals surface area contributed by atoms with Gasteiger partial charge in [0.15, 0.2) is 0 Å². The molecule has 0 heterocycles. The minimum absolute atomic E-state index is 0. The first-order valence-corrected chi connectivity index (χ1v) is 12.0. The Kier molecular flexibility index (Phi) is 32.3. The van der Waals surface area contributed by atoms with Crippen molar-refractivity contribution >= 4 is 0 Å². The summed E-state index contributed by atoms with van der Waals surface area (Å²) in [5, 5.41) is 0. The summed E-state index contributed by atoms with van der Waals surface area (Å²) in [6.07, 6.45) is 23.0. The molecular formula is C29H54. The summed E-state index contributed by atoms with van der Waals surface area (Å²) < 4.78 is 0. The SMILES string of the molecule is C.C=CC.CC.CC=CCCCC.c1ccc(CCCCCC2CCCC2)cc1. The summed E-state index contributed by atoms with van der Waals surface area (Å²) in [7, 11) is 0. The van der Waals surface area contributed by atoms with Crippen LogP contribution in [0.4, 0.5) is 0 Å². The first-order valence-electron chi connectivity index (χ1n) is 12.0. The molecule has 29 heavy (non-hydrogen) atoms. The molecule has 0 nitrogen and oxygen atoms in total. The lowest BCUT2D eigenvalue weighted by Crippen LogP contribution is -1.93. The smallest absolute Gasteiger partial charge is 0.0279 e. The van der Waals surface area contributed by atoms with Crippen molar-refractivity contribution in [3.8, 4) is 0 Å². The zero-order chi connectivity index (χ0) is 21.3. The van der Waals surface area contributed by atoms with Gasteiger partial charge in [-0.05, 0) is 44.6 Å². The summed E-state index contributed by atoms with van der Waals surface area (Å²) in [5.74, 6) is 1.08. The molecule has 170 valence electrons. The highest BCUT2D eigenvalue weighted by atomic mass is 14.2. The van der Waals surface area contributed by atoms with Crippen LogP contribution in [0.25, 0.3) is 0 Å². The molecule has 0 saturated heterocycles. The highest BCUT2D eigenvalue weighted by molar-refractivity contribution is 5.14. The quantitative estimate of drug-likeness (QED) is 0.284. The standard InChI is InChI=1S/C16H24.C7H14.C3H6.C2H6.CH4/c1-3-9-15(10-4-1)11-5-2-6-12-16-13-7-8-14-16;1-3-5-7-6-4-2;1-3-2;1-2;/h1,3-4,9-10,16H,2,5-8,11-14H2;3,5H,4,6-7H2,1-2H3;3H,1H2,2H3;1-2H3;1H4. The summed E-state index contributed by atoms with van der Waals surface area (Å²) in [5.41, 5.74) is 1.50. The van der Waals surface area contributed by atoms with Gasteiger partial charge in [0.1, 0.15) is 0 Å². The second kappa shape index (κ2) is 28.9. The third-order valence-corrected chi connectivity index (χ3v) is 4.86. The molecule has 1 saturated carbocycles. The number of aryl methyl sites for hydroxylation is 1. The van der Waals surface area contributed by atoms with Gasteiger partial charge >= 0.3 is 0 Å². The van der Waals surface area contributed by atoms with E-state index in [4.69, 9.17) is 0 Å². The Morgan fingerprint density at radius 1 is 0.931 bits per heavy atom. The van der Waals surface area contributed by atoms with Gasteiger partial charge in [-0.25, -0.2) is 0 Å². The van der Waals surface area contributed by atoms with Crippen LogP contribution in [0.1, 0.15) is 118 Å². The van der Waals surface area contributed by atoms with Crippen LogP contribution in [-0.2, 0) is 6.42 Å². The normalized spacial score (nSPS) is 12.4. The summed E-state index contributed by atoms with van der Waals surface area (Å²) in [6, 6.07) is 10.9. The van der Waals surface area contributed by atoms with Gasteiger partial charge < -0.3 is 0 Å². The topological polar surface area (TPSA) is 0 Å². The van der Waals surface area contributed by atoms with E-state index in [-0.39, 0.29) is 7.43 Å². The number of hydrogen-bond donors (Lipinski definition) is 0. The molecule has 0 N–H and O–H groups in total. The maximum atomic E-state index is 3.36. The van der Waals surface area contributed by atoms with Crippen LogP contribution >= 0.6 is 0 Å². The molecule has 0 heteroatoms. The van der Waals surface area contributed by atoms with E-state index in [0.717, 1.165) is 5.92 Å². The summed E-state index contributed by atoms with van der Waals surface area (Å²) in [4.78, 5) is 0. The van der Waals surface area contributed by atoms with Crippen LogP contribution in [-0.4, -0.2) is 0 Å². The second-order valence-corrected chi connectivity index (χ2v) is 7.35. The van der Waals surface area contributed by atoms with Crippen molar-refractivity contribution in [1.29, 1.82) is 0 Å². The van der Waals surface area contributed by atoms with E-state index in [2.05, 4.69) is 62.9 Å². The first kappa shape index (κ1) is 32.4. The Hall–Kier alpha value is -1.30. The Morgan fingerprint density at radius 2 is 1.52 bits per heavy atom. The monoisotopic (exact) mass is 402 g/mol. The molecule has 1 aromatic carbocycles. The fraction of sp³-hybridized carbons (Fsp3) is 0.655. The predicted molar refractivity (Wildman–Crippen MR) is 139 cm³/mol. The molecule has 0 radical (unpaired) electrons. The molecule has 0 atom stereocenters. The average molecular weight is 403 g/mol. The highest BCUT2D eigenvalue weighted by Crippen LogP contribution is 2.29. The van der Waals surface area contributed by atoms with Crippen molar-refractivity contribution in [3.05, 3.63) is 60.7 Å².